The molecule has 5 heteroatoms. The van der Waals surface area contributed by atoms with Crippen LogP contribution in [0.5, 0.6) is 0 Å². The average molecular weight is 277 g/mol. The van der Waals surface area contributed by atoms with E-state index >= 15 is 0 Å². The Hall–Kier alpha value is -2.27. The summed E-state index contributed by atoms with van der Waals surface area (Å²) in [7, 11) is 0. The maximum Gasteiger partial charge on any atom is 0.207 e. The molecule has 0 aliphatic rings. The average Bonchev–Trinajstić information content (AvgIpc) is 2.45. The summed E-state index contributed by atoms with van der Waals surface area (Å²) >= 11 is 0. The molecule has 0 spiro atoms. The van der Waals surface area contributed by atoms with E-state index in [4.69, 9.17) is 5.11 Å². The predicted octanol–water partition coefficient (Wildman–Crippen LogP) is 2.41. The Morgan fingerprint density at radius 3 is 2.20 bits per heavy atom. The van der Waals surface area contributed by atoms with Crippen molar-refractivity contribution >= 4 is 6.41 Å². The zero-order valence-corrected chi connectivity index (χ0v) is 10.5. The molecule has 0 saturated heterocycles. The molecule has 0 fully saturated rings. The van der Waals surface area contributed by atoms with Crippen LogP contribution in [-0.2, 0) is 4.79 Å². The molecule has 1 atom stereocenters. The van der Waals surface area contributed by atoms with Crippen molar-refractivity contribution in [1.82, 2.24) is 5.32 Å². The number of hydrogen-bond donors (Lipinski definition) is 2. The third-order valence-corrected chi connectivity index (χ3v) is 3.02. The Morgan fingerprint density at radius 2 is 1.70 bits per heavy atom. The Bertz CT molecular complexity index is 579. The fraction of sp³-hybridized carbons (Fsp3) is 0.133. The van der Waals surface area contributed by atoms with Crippen LogP contribution in [0.25, 0.3) is 11.1 Å². The first kappa shape index (κ1) is 14.1. The molecule has 0 heterocycles. The van der Waals surface area contributed by atoms with Crippen LogP contribution in [0.2, 0.25) is 0 Å². The van der Waals surface area contributed by atoms with Crippen LogP contribution < -0.4 is 5.32 Å². The summed E-state index contributed by atoms with van der Waals surface area (Å²) in [6.07, 6.45) is 0.491. The summed E-state index contributed by atoms with van der Waals surface area (Å²) in [4.78, 5) is 10.4. The number of benzene rings is 2. The van der Waals surface area contributed by atoms with Gasteiger partial charge in [-0.15, -0.1) is 0 Å². The Morgan fingerprint density at radius 1 is 1.10 bits per heavy atom. The van der Waals surface area contributed by atoms with Crippen molar-refractivity contribution in [3.05, 3.63) is 59.7 Å². The molecule has 0 aliphatic heterocycles. The molecule has 0 saturated carbocycles. The van der Waals surface area contributed by atoms with Gasteiger partial charge < -0.3 is 10.4 Å². The highest BCUT2D eigenvalue weighted by atomic mass is 19.1. The number of halogens is 2. The number of hydrogen-bond acceptors (Lipinski definition) is 2. The summed E-state index contributed by atoms with van der Waals surface area (Å²) in [5, 5.41) is 11.6. The monoisotopic (exact) mass is 277 g/mol. The van der Waals surface area contributed by atoms with Gasteiger partial charge in [-0.2, -0.15) is 0 Å². The van der Waals surface area contributed by atoms with Crippen molar-refractivity contribution < 1.29 is 18.7 Å². The van der Waals surface area contributed by atoms with E-state index in [1.807, 2.05) is 0 Å². The molecule has 2 N–H and O–H groups in total. The van der Waals surface area contributed by atoms with Crippen molar-refractivity contribution in [3.8, 4) is 11.1 Å². The third kappa shape index (κ3) is 2.83. The van der Waals surface area contributed by atoms with Gasteiger partial charge in [0.2, 0.25) is 6.41 Å². The van der Waals surface area contributed by atoms with Crippen molar-refractivity contribution in [2.24, 2.45) is 0 Å². The summed E-state index contributed by atoms with van der Waals surface area (Å²) in [5.74, 6) is -1.27. The zero-order valence-electron chi connectivity index (χ0n) is 10.5. The van der Waals surface area contributed by atoms with E-state index in [9.17, 15) is 13.6 Å². The maximum absolute atomic E-state index is 13.6. The number of amides is 1. The predicted molar refractivity (Wildman–Crippen MR) is 70.8 cm³/mol. The first-order valence-corrected chi connectivity index (χ1v) is 6.02. The van der Waals surface area contributed by atoms with Gasteiger partial charge in [0.05, 0.1) is 18.2 Å². The van der Waals surface area contributed by atoms with Crippen LogP contribution in [0.3, 0.4) is 0 Å². The zero-order chi connectivity index (χ0) is 14.5. The molecule has 1 unspecified atom stereocenters. The largest absolute Gasteiger partial charge is 0.394 e. The Balaban J connectivity index is 2.35. The Labute approximate surface area is 114 Å². The minimum atomic E-state index is -0.637. The molecule has 2 aromatic carbocycles. The summed E-state index contributed by atoms with van der Waals surface area (Å²) in [6, 6.07) is 9.47. The van der Waals surface area contributed by atoms with Crippen LogP contribution in [-0.4, -0.2) is 18.1 Å². The molecule has 0 radical (unpaired) electrons. The molecule has 20 heavy (non-hydrogen) atoms. The molecule has 0 aliphatic carbocycles. The van der Waals surface area contributed by atoms with Crippen LogP contribution in [0.15, 0.2) is 42.5 Å². The fourth-order valence-corrected chi connectivity index (χ4v) is 1.99. The maximum atomic E-state index is 13.6. The van der Waals surface area contributed by atoms with Crippen LogP contribution >= 0.6 is 0 Å². The summed E-state index contributed by atoms with van der Waals surface area (Å²) < 4.78 is 27.3. The first-order chi connectivity index (χ1) is 9.67. The minimum Gasteiger partial charge on any atom is -0.394 e. The van der Waals surface area contributed by atoms with Gasteiger partial charge in [-0.05, 0) is 23.3 Å². The number of carbonyl (C=O) groups excluding carboxylic acids is 1. The van der Waals surface area contributed by atoms with Crippen molar-refractivity contribution in [2.75, 3.05) is 6.61 Å². The normalized spacial score (nSPS) is 11.9. The van der Waals surface area contributed by atoms with E-state index in [0.717, 1.165) is 0 Å². The van der Waals surface area contributed by atoms with Crippen molar-refractivity contribution in [1.29, 1.82) is 0 Å². The SMILES string of the molecule is O=CNC(CO)c1ccc(-c2c(F)cccc2F)cc1. The van der Waals surface area contributed by atoms with Crippen molar-refractivity contribution in [3.63, 3.8) is 0 Å². The van der Waals surface area contributed by atoms with E-state index in [-0.39, 0.29) is 12.2 Å². The molecule has 3 nitrogen and oxygen atoms in total. The lowest BCUT2D eigenvalue weighted by Gasteiger charge is -2.14. The van der Waals surface area contributed by atoms with Gasteiger partial charge in [0.1, 0.15) is 11.6 Å². The lowest BCUT2D eigenvalue weighted by atomic mass is 10.0. The van der Waals surface area contributed by atoms with Gasteiger partial charge in [0, 0.05) is 0 Å². The molecule has 2 rings (SSSR count). The fourth-order valence-electron chi connectivity index (χ4n) is 1.99. The number of carbonyl (C=O) groups is 1. The van der Waals surface area contributed by atoms with Gasteiger partial charge in [-0.1, -0.05) is 30.3 Å². The quantitative estimate of drug-likeness (QED) is 0.825. The van der Waals surface area contributed by atoms with Crippen LogP contribution in [0, 0.1) is 11.6 Å². The van der Waals surface area contributed by atoms with E-state index in [2.05, 4.69) is 5.32 Å². The number of rotatable bonds is 5. The molecule has 0 bridgehead atoms. The molecule has 1 amide bonds. The second-order valence-corrected chi connectivity index (χ2v) is 4.24. The Kier molecular flexibility index (Phi) is 4.42. The van der Waals surface area contributed by atoms with E-state index in [0.29, 0.717) is 17.5 Å². The number of aliphatic hydroxyl groups excluding tert-OH is 1. The lowest BCUT2D eigenvalue weighted by Crippen LogP contribution is -2.22. The standard InChI is InChI=1S/C15H13F2NO2/c16-12-2-1-3-13(17)15(12)11-6-4-10(5-7-11)14(8-19)18-9-20/h1-7,9,14,19H,8H2,(H,18,20). The minimum absolute atomic E-state index is 0.0945. The number of aliphatic hydroxyl groups is 1. The van der Waals surface area contributed by atoms with E-state index in [1.54, 1.807) is 24.3 Å². The lowest BCUT2D eigenvalue weighted by molar-refractivity contribution is -0.110. The second-order valence-electron chi connectivity index (χ2n) is 4.24. The second kappa shape index (κ2) is 6.25. The highest BCUT2D eigenvalue weighted by molar-refractivity contribution is 5.65. The van der Waals surface area contributed by atoms with Gasteiger partial charge in [0.15, 0.2) is 0 Å². The van der Waals surface area contributed by atoms with E-state index in [1.165, 1.54) is 18.2 Å². The van der Waals surface area contributed by atoms with Gasteiger partial charge in [0.25, 0.3) is 0 Å². The highest BCUT2D eigenvalue weighted by Gasteiger charge is 2.13. The molecule has 104 valence electrons. The van der Waals surface area contributed by atoms with Crippen molar-refractivity contribution in [2.45, 2.75) is 6.04 Å². The summed E-state index contributed by atoms with van der Waals surface area (Å²) in [6.45, 7) is -0.258. The smallest absolute Gasteiger partial charge is 0.207 e. The van der Waals surface area contributed by atoms with Gasteiger partial charge >= 0.3 is 0 Å². The number of nitrogens with one attached hydrogen (secondary N) is 1. The molecule has 0 aromatic heterocycles. The first-order valence-electron chi connectivity index (χ1n) is 6.02. The topological polar surface area (TPSA) is 49.3 Å². The highest BCUT2D eigenvalue weighted by Crippen LogP contribution is 2.27. The van der Waals surface area contributed by atoms with Gasteiger partial charge in [-0.25, -0.2) is 8.78 Å². The summed E-state index contributed by atoms with van der Waals surface area (Å²) in [5.41, 5.74) is 0.954. The molecular formula is C15H13F2NO2. The molecule has 2 aromatic rings. The van der Waals surface area contributed by atoms with Crippen LogP contribution in [0.4, 0.5) is 8.78 Å². The molecular weight excluding hydrogens is 264 g/mol. The van der Waals surface area contributed by atoms with E-state index < -0.39 is 17.7 Å². The van der Waals surface area contributed by atoms with Crippen LogP contribution in [0.1, 0.15) is 11.6 Å². The van der Waals surface area contributed by atoms with Gasteiger partial charge in [-0.3, -0.25) is 4.79 Å². The third-order valence-electron chi connectivity index (χ3n) is 3.02.